The largest absolute Gasteiger partial charge is 0.480 e. The van der Waals surface area contributed by atoms with Crippen molar-refractivity contribution in [2.45, 2.75) is 57.4 Å². The SMILES string of the molecule is CC(C)c1ccc(C(C)CC(=O)NC2(C(=O)O)CC2)cc1. The molecule has 1 atom stereocenters. The first-order chi connectivity index (χ1) is 9.84. The predicted octanol–water partition coefficient (Wildman–Crippen LogP) is 3.04. The molecule has 1 amide bonds. The quantitative estimate of drug-likeness (QED) is 0.846. The summed E-state index contributed by atoms with van der Waals surface area (Å²) in [7, 11) is 0. The van der Waals surface area contributed by atoms with Gasteiger partial charge in [-0.1, -0.05) is 45.0 Å². The maximum absolute atomic E-state index is 12.0. The molecule has 1 aliphatic carbocycles. The van der Waals surface area contributed by atoms with Crippen LogP contribution in [0.15, 0.2) is 24.3 Å². The van der Waals surface area contributed by atoms with Gasteiger partial charge in [-0.25, -0.2) is 4.79 Å². The highest BCUT2D eigenvalue weighted by Crippen LogP contribution is 2.36. The van der Waals surface area contributed by atoms with Gasteiger partial charge >= 0.3 is 5.97 Å². The zero-order valence-electron chi connectivity index (χ0n) is 12.8. The van der Waals surface area contributed by atoms with Crippen LogP contribution in [0.25, 0.3) is 0 Å². The molecule has 2 N–H and O–H groups in total. The Balaban J connectivity index is 1.93. The third-order valence-electron chi connectivity index (χ3n) is 4.20. The molecule has 0 aliphatic heterocycles. The van der Waals surface area contributed by atoms with Gasteiger partial charge in [0.25, 0.3) is 0 Å². The van der Waals surface area contributed by atoms with Crippen molar-refractivity contribution in [2.24, 2.45) is 0 Å². The molecule has 0 heterocycles. The van der Waals surface area contributed by atoms with Crippen molar-refractivity contribution in [3.63, 3.8) is 0 Å². The van der Waals surface area contributed by atoms with E-state index in [-0.39, 0.29) is 11.8 Å². The van der Waals surface area contributed by atoms with Gasteiger partial charge in [0.15, 0.2) is 0 Å². The molecule has 1 aromatic rings. The summed E-state index contributed by atoms with van der Waals surface area (Å²) in [5, 5.41) is 11.7. The monoisotopic (exact) mass is 289 g/mol. The highest BCUT2D eigenvalue weighted by atomic mass is 16.4. The fraction of sp³-hybridized carbons (Fsp3) is 0.529. The Bertz CT molecular complexity index is 529. The Morgan fingerprint density at radius 1 is 1.14 bits per heavy atom. The molecular formula is C17H23NO3. The normalized spacial score (nSPS) is 17.3. The molecule has 21 heavy (non-hydrogen) atoms. The number of carbonyl (C=O) groups excluding carboxylic acids is 1. The zero-order chi connectivity index (χ0) is 15.6. The minimum atomic E-state index is -0.988. The fourth-order valence-corrected chi connectivity index (χ4v) is 2.44. The van der Waals surface area contributed by atoms with Gasteiger partial charge in [-0.3, -0.25) is 4.79 Å². The van der Waals surface area contributed by atoms with Gasteiger partial charge in [0.2, 0.25) is 5.91 Å². The smallest absolute Gasteiger partial charge is 0.329 e. The third-order valence-corrected chi connectivity index (χ3v) is 4.20. The molecule has 1 aromatic carbocycles. The lowest BCUT2D eigenvalue weighted by Gasteiger charge is -2.16. The number of nitrogens with one attached hydrogen (secondary N) is 1. The minimum absolute atomic E-state index is 0.0795. The molecule has 2 rings (SSSR count). The Morgan fingerprint density at radius 2 is 1.67 bits per heavy atom. The van der Waals surface area contributed by atoms with Crippen molar-refractivity contribution >= 4 is 11.9 Å². The van der Waals surface area contributed by atoms with Gasteiger partial charge in [-0.15, -0.1) is 0 Å². The third kappa shape index (κ3) is 3.63. The number of hydrogen-bond acceptors (Lipinski definition) is 2. The van der Waals surface area contributed by atoms with E-state index in [2.05, 4.69) is 43.4 Å². The van der Waals surface area contributed by atoms with Crippen molar-refractivity contribution in [1.29, 1.82) is 0 Å². The van der Waals surface area contributed by atoms with Crippen LogP contribution in [0.3, 0.4) is 0 Å². The second-order valence-electron chi connectivity index (χ2n) is 6.36. The summed E-state index contributed by atoms with van der Waals surface area (Å²) in [5.74, 6) is -0.543. The van der Waals surface area contributed by atoms with E-state index < -0.39 is 11.5 Å². The average Bonchev–Trinajstić information content (AvgIpc) is 3.19. The molecule has 4 nitrogen and oxygen atoms in total. The van der Waals surface area contributed by atoms with Crippen LogP contribution in [0, 0.1) is 0 Å². The Labute approximate surface area is 125 Å². The maximum Gasteiger partial charge on any atom is 0.329 e. The molecule has 114 valence electrons. The van der Waals surface area contributed by atoms with Crippen LogP contribution in [0.5, 0.6) is 0 Å². The van der Waals surface area contributed by atoms with E-state index in [1.165, 1.54) is 5.56 Å². The van der Waals surface area contributed by atoms with Crippen molar-refractivity contribution in [1.82, 2.24) is 5.32 Å². The number of carboxylic acids is 1. The molecule has 0 radical (unpaired) electrons. The van der Waals surface area contributed by atoms with Crippen LogP contribution in [-0.4, -0.2) is 22.5 Å². The van der Waals surface area contributed by atoms with Crippen LogP contribution < -0.4 is 5.32 Å². The summed E-state index contributed by atoms with van der Waals surface area (Å²) in [5.41, 5.74) is 1.39. The lowest BCUT2D eigenvalue weighted by Crippen LogP contribution is -2.43. The van der Waals surface area contributed by atoms with Crippen molar-refractivity contribution in [3.05, 3.63) is 35.4 Å². The van der Waals surface area contributed by atoms with Gasteiger partial charge in [-0.05, 0) is 35.8 Å². The van der Waals surface area contributed by atoms with E-state index in [1.807, 2.05) is 6.92 Å². The first-order valence-electron chi connectivity index (χ1n) is 7.48. The first-order valence-corrected chi connectivity index (χ1v) is 7.48. The standard InChI is InChI=1S/C17H23NO3/c1-11(2)13-4-6-14(7-5-13)12(3)10-15(19)18-17(8-9-17)16(20)21/h4-7,11-12H,8-10H2,1-3H3,(H,18,19)(H,20,21). The molecule has 0 saturated heterocycles. The molecule has 1 unspecified atom stereocenters. The number of hydrogen-bond donors (Lipinski definition) is 2. The summed E-state index contributed by atoms with van der Waals surface area (Å²) >= 11 is 0. The van der Waals surface area contributed by atoms with E-state index in [0.717, 1.165) is 5.56 Å². The molecule has 0 bridgehead atoms. The summed E-state index contributed by atoms with van der Waals surface area (Å²) in [6.45, 7) is 6.28. The number of carboxylic acid groups (broad SMARTS) is 1. The first kappa shape index (κ1) is 15.5. The Hall–Kier alpha value is -1.84. The van der Waals surface area contributed by atoms with Crippen LogP contribution in [-0.2, 0) is 9.59 Å². The van der Waals surface area contributed by atoms with Crippen LogP contribution >= 0.6 is 0 Å². The van der Waals surface area contributed by atoms with E-state index >= 15 is 0 Å². The second-order valence-corrected chi connectivity index (χ2v) is 6.36. The van der Waals surface area contributed by atoms with E-state index in [4.69, 9.17) is 5.11 Å². The predicted molar refractivity (Wildman–Crippen MR) is 81.3 cm³/mol. The molecule has 4 heteroatoms. The van der Waals surface area contributed by atoms with Gasteiger partial charge in [-0.2, -0.15) is 0 Å². The fourth-order valence-electron chi connectivity index (χ4n) is 2.44. The highest BCUT2D eigenvalue weighted by Gasteiger charge is 2.51. The molecular weight excluding hydrogens is 266 g/mol. The number of aliphatic carboxylic acids is 1. The number of carbonyl (C=O) groups is 2. The van der Waals surface area contributed by atoms with E-state index in [9.17, 15) is 9.59 Å². The summed E-state index contributed by atoms with van der Waals surface area (Å²) in [6.07, 6.45) is 1.38. The van der Waals surface area contributed by atoms with E-state index in [0.29, 0.717) is 25.2 Å². The minimum Gasteiger partial charge on any atom is -0.480 e. The topological polar surface area (TPSA) is 66.4 Å². The number of rotatable bonds is 6. The van der Waals surface area contributed by atoms with Gasteiger partial charge < -0.3 is 10.4 Å². The van der Waals surface area contributed by atoms with Crippen molar-refractivity contribution in [2.75, 3.05) is 0 Å². The lowest BCUT2D eigenvalue weighted by molar-refractivity contribution is -0.143. The van der Waals surface area contributed by atoms with Gasteiger partial charge in [0.1, 0.15) is 5.54 Å². The van der Waals surface area contributed by atoms with E-state index in [1.54, 1.807) is 0 Å². The summed E-state index contributed by atoms with van der Waals surface area (Å²) in [6, 6.07) is 8.29. The lowest BCUT2D eigenvalue weighted by atomic mass is 9.94. The van der Waals surface area contributed by atoms with Crippen LogP contribution in [0.2, 0.25) is 0 Å². The second kappa shape index (κ2) is 5.88. The summed E-state index contributed by atoms with van der Waals surface area (Å²) in [4.78, 5) is 23.0. The average molecular weight is 289 g/mol. The Morgan fingerprint density at radius 3 is 2.10 bits per heavy atom. The maximum atomic E-state index is 12.0. The van der Waals surface area contributed by atoms with Crippen LogP contribution in [0.1, 0.15) is 63.0 Å². The molecule has 1 fully saturated rings. The molecule has 1 saturated carbocycles. The van der Waals surface area contributed by atoms with Crippen molar-refractivity contribution in [3.8, 4) is 0 Å². The highest BCUT2D eigenvalue weighted by molar-refractivity contribution is 5.89. The number of amides is 1. The summed E-state index contributed by atoms with van der Waals surface area (Å²) < 4.78 is 0. The molecule has 1 aliphatic rings. The van der Waals surface area contributed by atoms with Gasteiger partial charge in [0, 0.05) is 6.42 Å². The van der Waals surface area contributed by atoms with Crippen LogP contribution in [0.4, 0.5) is 0 Å². The molecule has 0 spiro atoms. The Kier molecular flexibility index (Phi) is 4.35. The number of benzene rings is 1. The zero-order valence-corrected chi connectivity index (χ0v) is 12.8. The molecule has 0 aromatic heterocycles. The van der Waals surface area contributed by atoms with Crippen molar-refractivity contribution < 1.29 is 14.7 Å². The van der Waals surface area contributed by atoms with Gasteiger partial charge in [0.05, 0.1) is 0 Å².